The maximum atomic E-state index is 5.14. The lowest BCUT2D eigenvalue weighted by atomic mass is 10.3. The molecular formula is C13H22N4OS. The van der Waals surface area contributed by atoms with Crippen LogP contribution in [-0.4, -0.2) is 47.7 Å². The number of nitrogens with one attached hydrogen (secondary N) is 1. The van der Waals surface area contributed by atoms with Gasteiger partial charge in [-0.1, -0.05) is 13.8 Å². The third kappa shape index (κ3) is 3.73. The summed E-state index contributed by atoms with van der Waals surface area (Å²) in [6.45, 7) is 7.03. The Kier molecular flexibility index (Phi) is 4.87. The van der Waals surface area contributed by atoms with Gasteiger partial charge in [0.15, 0.2) is 5.82 Å². The first-order chi connectivity index (χ1) is 9.12. The van der Waals surface area contributed by atoms with Crippen LogP contribution in [0.1, 0.15) is 19.7 Å². The van der Waals surface area contributed by atoms with Crippen LogP contribution < -0.4 is 10.2 Å². The van der Waals surface area contributed by atoms with Crippen molar-refractivity contribution in [2.24, 2.45) is 0 Å². The zero-order valence-corrected chi connectivity index (χ0v) is 12.8. The summed E-state index contributed by atoms with van der Waals surface area (Å²) in [7, 11) is 3.54. The number of hydrogen-bond donors (Lipinski definition) is 1. The predicted molar refractivity (Wildman–Crippen MR) is 81.0 cm³/mol. The summed E-state index contributed by atoms with van der Waals surface area (Å²) in [5.74, 6) is 2.56. The molecule has 1 aromatic rings. The van der Waals surface area contributed by atoms with Gasteiger partial charge in [-0.2, -0.15) is 11.8 Å². The molecule has 1 saturated heterocycles. The van der Waals surface area contributed by atoms with Crippen molar-refractivity contribution in [2.75, 3.05) is 37.5 Å². The summed E-state index contributed by atoms with van der Waals surface area (Å²) >= 11 is 2.04. The van der Waals surface area contributed by atoms with E-state index in [-0.39, 0.29) is 0 Å². The quantitative estimate of drug-likeness (QED) is 0.911. The molecule has 0 saturated carbocycles. The van der Waals surface area contributed by atoms with Gasteiger partial charge < -0.3 is 15.0 Å². The number of ether oxygens (including phenoxy) is 1. The van der Waals surface area contributed by atoms with Gasteiger partial charge in [0.25, 0.3) is 0 Å². The van der Waals surface area contributed by atoms with E-state index in [4.69, 9.17) is 4.74 Å². The second-order valence-electron chi connectivity index (χ2n) is 4.87. The second-order valence-corrected chi connectivity index (χ2v) is 6.75. The molecule has 2 atom stereocenters. The third-order valence-electron chi connectivity index (χ3n) is 3.03. The van der Waals surface area contributed by atoms with Gasteiger partial charge >= 0.3 is 0 Å². The summed E-state index contributed by atoms with van der Waals surface area (Å²) < 4.78 is 5.14. The van der Waals surface area contributed by atoms with Crippen molar-refractivity contribution < 1.29 is 4.74 Å². The molecule has 19 heavy (non-hydrogen) atoms. The van der Waals surface area contributed by atoms with Gasteiger partial charge in [-0.05, 0) is 0 Å². The van der Waals surface area contributed by atoms with Crippen molar-refractivity contribution in [3.05, 3.63) is 11.9 Å². The Bertz CT molecular complexity index is 419. The van der Waals surface area contributed by atoms with E-state index in [1.165, 1.54) is 0 Å². The highest BCUT2D eigenvalue weighted by molar-refractivity contribution is 8.00. The van der Waals surface area contributed by atoms with Crippen molar-refractivity contribution in [3.8, 4) is 0 Å². The van der Waals surface area contributed by atoms with Crippen molar-refractivity contribution >= 4 is 23.4 Å². The van der Waals surface area contributed by atoms with Crippen LogP contribution >= 0.6 is 11.8 Å². The molecule has 0 bridgehead atoms. The van der Waals surface area contributed by atoms with E-state index in [1.807, 2.05) is 24.9 Å². The second kappa shape index (κ2) is 6.43. The van der Waals surface area contributed by atoms with Crippen LogP contribution in [0.3, 0.4) is 0 Å². The fourth-order valence-electron chi connectivity index (χ4n) is 2.33. The van der Waals surface area contributed by atoms with Crippen molar-refractivity contribution in [3.63, 3.8) is 0 Å². The molecule has 2 unspecified atom stereocenters. The Labute approximate surface area is 119 Å². The van der Waals surface area contributed by atoms with E-state index in [0.29, 0.717) is 17.1 Å². The molecule has 0 radical (unpaired) electrons. The third-order valence-corrected chi connectivity index (χ3v) is 4.26. The van der Waals surface area contributed by atoms with Crippen LogP contribution in [0.25, 0.3) is 0 Å². The Balaban J connectivity index is 2.24. The van der Waals surface area contributed by atoms with Gasteiger partial charge in [0.2, 0.25) is 0 Å². The van der Waals surface area contributed by atoms with Crippen LogP contribution in [0, 0.1) is 0 Å². The minimum Gasteiger partial charge on any atom is -0.377 e. The van der Waals surface area contributed by atoms with Gasteiger partial charge in [-0.3, -0.25) is 0 Å². The Morgan fingerprint density at radius 3 is 2.63 bits per heavy atom. The number of hydrogen-bond acceptors (Lipinski definition) is 6. The first-order valence-corrected chi connectivity index (χ1v) is 7.51. The van der Waals surface area contributed by atoms with E-state index >= 15 is 0 Å². The maximum Gasteiger partial charge on any atom is 0.158 e. The number of anilines is 2. The molecule has 1 aliphatic rings. The van der Waals surface area contributed by atoms with Crippen molar-refractivity contribution in [1.29, 1.82) is 0 Å². The SMILES string of the molecule is CNc1cc(N2CC(C)SC(C)C2)nc(COC)n1. The number of nitrogens with zero attached hydrogens (tertiary/aromatic N) is 3. The van der Waals surface area contributed by atoms with E-state index in [9.17, 15) is 0 Å². The molecule has 106 valence electrons. The summed E-state index contributed by atoms with van der Waals surface area (Å²) in [4.78, 5) is 11.3. The van der Waals surface area contributed by atoms with E-state index < -0.39 is 0 Å². The van der Waals surface area contributed by atoms with Crippen LogP contribution in [0.5, 0.6) is 0 Å². The number of thioether (sulfide) groups is 1. The highest BCUT2D eigenvalue weighted by Gasteiger charge is 2.23. The lowest BCUT2D eigenvalue weighted by Crippen LogP contribution is -2.41. The first-order valence-electron chi connectivity index (χ1n) is 6.57. The van der Waals surface area contributed by atoms with Gasteiger partial charge in [-0.15, -0.1) is 0 Å². The van der Waals surface area contributed by atoms with E-state index in [1.54, 1.807) is 7.11 Å². The molecule has 6 heteroatoms. The van der Waals surface area contributed by atoms with Gasteiger partial charge in [0.05, 0.1) is 0 Å². The summed E-state index contributed by atoms with van der Waals surface area (Å²) in [5, 5.41) is 4.34. The monoisotopic (exact) mass is 282 g/mol. The predicted octanol–water partition coefficient (Wildman–Crippen LogP) is 1.99. The van der Waals surface area contributed by atoms with Crippen LogP contribution in [0.2, 0.25) is 0 Å². The van der Waals surface area contributed by atoms with Crippen molar-refractivity contribution in [1.82, 2.24) is 9.97 Å². The standard InChI is InChI=1S/C13H22N4OS/c1-9-6-17(7-10(2)19-9)13-5-11(14-3)15-12(16-13)8-18-4/h5,9-10H,6-8H2,1-4H3,(H,14,15,16). The number of methoxy groups -OCH3 is 1. The fourth-order valence-corrected chi connectivity index (χ4v) is 3.66. The highest BCUT2D eigenvalue weighted by atomic mass is 32.2. The molecule has 0 aliphatic carbocycles. The molecule has 1 N–H and O–H groups in total. The maximum absolute atomic E-state index is 5.14. The van der Waals surface area contributed by atoms with Gasteiger partial charge in [0, 0.05) is 43.8 Å². The number of rotatable bonds is 4. The fraction of sp³-hybridized carbons (Fsp3) is 0.692. The lowest BCUT2D eigenvalue weighted by Gasteiger charge is -2.35. The molecule has 2 rings (SSSR count). The largest absolute Gasteiger partial charge is 0.377 e. The van der Waals surface area contributed by atoms with Gasteiger partial charge in [-0.25, -0.2) is 9.97 Å². The summed E-state index contributed by atoms with van der Waals surface area (Å²) in [6.07, 6.45) is 0. The summed E-state index contributed by atoms with van der Waals surface area (Å²) in [5.41, 5.74) is 0. The molecule has 5 nitrogen and oxygen atoms in total. The van der Waals surface area contributed by atoms with Gasteiger partial charge in [0.1, 0.15) is 18.2 Å². The van der Waals surface area contributed by atoms with E-state index in [2.05, 4.69) is 34.0 Å². The van der Waals surface area contributed by atoms with Crippen molar-refractivity contribution in [2.45, 2.75) is 31.0 Å². The Morgan fingerprint density at radius 2 is 2.05 bits per heavy atom. The molecule has 1 aromatic heterocycles. The molecule has 0 spiro atoms. The topological polar surface area (TPSA) is 50.3 Å². The van der Waals surface area contributed by atoms with Crippen LogP contribution in [0.15, 0.2) is 6.07 Å². The minimum atomic E-state index is 0.441. The zero-order valence-electron chi connectivity index (χ0n) is 12.0. The zero-order chi connectivity index (χ0) is 13.8. The average Bonchev–Trinajstić information content (AvgIpc) is 2.37. The minimum absolute atomic E-state index is 0.441. The van der Waals surface area contributed by atoms with Crippen LogP contribution in [0.4, 0.5) is 11.6 Å². The lowest BCUT2D eigenvalue weighted by molar-refractivity contribution is 0.178. The van der Waals surface area contributed by atoms with E-state index in [0.717, 1.165) is 30.5 Å². The average molecular weight is 282 g/mol. The summed E-state index contributed by atoms with van der Waals surface area (Å²) in [6, 6.07) is 2.01. The molecule has 1 fully saturated rings. The Morgan fingerprint density at radius 1 is 1.37 bits per heavy atom. The molecule has 1 aliphatic heterocycles. The molecule has 2 heterocycles. The number of aromatic nitrogens is 2. The smallest absolute Gasteiger partial charge is 0.158 e. The molecular weight excluding hydrogens is 260 g/mol. The first kappa shape index (κ1) is 14.4. The Hall–Kier alpha value is -1.01. The highest BCUT2D eigenvalue weighted by Crippen LogP contribution is 2.28. The molecule has 0 aromatic carbocycles. The molecule has 0 amide bonds. The normalized spacial score (nSPS) is 23.5. The van der Waals surface area contributed by atoms with Crippen LogP contribution in [-0.2, 0) is 11.3 Å².